The molecule has 0 aliphatic rings. The average molecular weight is 176 g/mol. The highest BCUT2D eigenvalue weighted by molar-refractivity contribution is 5.60. The van der Waals surface area contributed by atoms with Crippen molar-refractivity contribution in [1.82, 2.24) is 0 Å². The number of furan rings is 1. The van der Waals surface area contributed by atoms with E-state index >= 15 is 0 Å². The molecule has 1 heterocycles. The van der Waals surface area contributed by atoms with Gasteiger partial charge in [-0.1, -0.05) is 33.1 Å². The van der Waals surface area contributed by atoms with Crippen molar-refractivity contribution in [1.29, 1.82) is 0 Å². The SMILES string of the molecule is C=Cc1cc(C(C)CC)oc1C=C. The molecule has 1 aromatic heterocycles. The van der Waals surface area contributed by atoms with E-state index in [0.717, 1.165) is 23.5 Å². The standard InChI is InChI=1S/C12H16O/c1-5-9(4)12-8-10(6-2)11(7-3)13-12/h6-9H,2-3,5H2,1,4H3. The Morgan fingerprint density at radius 2 is 2.15 bits per heavy atom. The largest absolute Gasteiger partial charge is 0.461 e. The third kappa shape index (κ3) is 1.92. The van der Waals surface area contributed by atoms with Crippen LogP contribution in [-0.2, 0) is 0 Å². The summed E-state index contributed by atoms with van der Waals surface area (Å²) in [5.74, 6) is 2.31. The van der Waals surface area contributed by atoms with E-state index in [0.29, 0.717) is 5.92 Å². The van der Waals surface area contributed by atoms with E-state index in [-0.39, 0.29) is 0 Å². The molecule has 0 radical (unpaired) electrons. The molecule has 0 bridgehead atoms. The van der Waals surface area contributed by atoms with Gasteiger partial charge in [-0.05, 0) is 18.6 Å². The van der Waals surface area contributed by atoms with Gasteiger partial charge in [0, 0.05) is 11.5 Å². The Labute approximate surface area is 79.8 Å². The summed E-state index contributed by atoms with van der Waals surface area (Å²) in [7, 11) is 0. The second kappa shape index (κ2) is 4.13. The van der Waals surface area contributed by atoms with E-state index in [2.05, 4.69) is 27.0 Å². The predicted molar refractivity (Wildman–Crippen MR) is 57.6 cm³/mol. The fourth-order valence-corrected chi connectivity index (χ4v) is 1.20. The van der Waals surface area contributed by atoms with Crippen molar-refractivity contribution in [3.05, 3.63) is 36.3 Å². The van der Waals surface area contributed by atoms with Crippen LogP contribution in [-0.4, -0.2) is 0 Å². The Bertz CT molecular complexity index is 281. The maximum absolute atomic E-state index is 5.62. The minimum absolute atomic E-state index is 0.465. The van der Waals surface area contributed by atoms with Gasteiger partial charge in [-0.3, -0.25) is 0 Å². The first-order chi connectivity index (χ1) is 6.22. The molecule has 1 atom stereocenters. The Morgan fingerprint density at radius 3 is 2.54 bits per heavy atom. The molecule has 70 valence electrons. The van der Waals surface area contributed by atoms with Crippen LogP contribution in [0.25, 0.3) is 12.2 Å². The lowest BCUT2D eigenvalue weighted by atomic mass is 10.1. The van der Waals surface area contributed by atoms with Crippen molar-refractivity contribution in [2.75, 3.05) is 0 Å². The first-order valence-corrected chi connectivity index (χ1v) is 4.61. The molecule has 1 rings (SSSR count). The normalized spacial score (nSPS) is 12.5. The van der Waals surface area contributed by atoms with Gasteiger partial charge in [-0.2, -0.15) is 0 Å². The van der Waals surface area contributed by atoms with Crippen molar-refractivity contribution < 1.29 is 4.42 Å². The molecule has 1 heteroatoms. The van der Waals surface area contributed by atoms with Crippen LogP contribution in [0.15, 0.2) is 23.6 Å². The number of hydrogen-bond acceptors (Lipinski definition) is 1. The maximum Gasteiger partial charge on any atom is 0.133 e. The van der Waals surface area contributed by atoms with E-state index in [9.17, 15) is 0 Å². The number of rotatable bonds is 4. The molecule has 0 aliphatic heterocycles. The van der Waals surface area contributed by atoms with E-state index in [1.54, 1.807) is 12.2 Å². The summed E-state index contributed by atoms with van der Waals surface area (Å²) in [5.41, 5.74) is 1.03. The fourth-order valence-electron chi connectivity index (χ4n) is 1.20. The summed E-state index contributed by atoms with van der Waals surface area (Å²) in [6.07, 6.45) is 4.61. The van der Waals surface area contributed by atoms with E-state index < -0.39 is 0 Å². The van der Waals surface area contributed by atoms with Gasteiger partial charge in [0.05, 0.1) is 0 Å². The van der Waals surface area contributed by atoms with Gasteiger partial charge in [-0.15, -0.1) is 0 Å². The van der Waals surface area contributed by atoms with E-state index in [4.69, 9.17) is 4.42 Å². The van der Waals surface area contributed by atoms with Gasteiger partial charge in [0.1, 0.15) is 11.5 Å². The van der Waals surface area contributed by atoms with Gasteiger partial charge >= 0.3 is 0 Å². The summed E-state index contributed by atoms with van der Waals surface area (Å²) in [6.45, 7) is 11.7. The van der Waals surface area contributed by atoms with Crippen LogP contribution in [0.5, 0.6) is 0 Å². The van der Waals surface area contributed by atoms with Gasteiger partial charge in [0.25, 0.3) is 0 Å². The summed E-state index contributed by atoms with van der Waals surface area (Å²) < 4.78 is 5.62. The van der Waals surface area contributed by atoms with Crippen molar-refractivity contribution in [2.24, 2.45) is 0 Å². The Kier molecular flexibility index (Phi) is 3.13. The summed E-state index contributed by atoms with van der Waals surface area (Å²) in [4.78, 5) is 0. The fraction of sp³-hybridized carbons (Fsp3) is 0.333. The van der Waals surface area contributed by atoms with Gasteiger partial charge in [-0.25, -0.2) is 0 Å². The highest BCUT2D eigenvalue weighted by Gasteiger charge is 2.10. The monoisotopic (exact) mass is 176 g/mol. The minimum atomic E-state index is 0.465. The molecule has 0 amide bonds. The molecular formula is C12H16O. The first kappa shape index (κ1) is 9.85. The van der Waals surface area contributed by atoms with Crippen LogP contribution in [0.3, 0.4) is 0 Å². The topological polar surface area (TPSA) is 13.1 Å². The summed E-state index contributed by atoms with van der Waals surface area (Å²) in [5, 5.41) is 0. The summed E-state index contributed by atoms with van der Waals surface area (Å²) >= 11 is 0. The zero-order valence-electron chi connectivity index (χ0n) is 8.34. The molecule has 0 spiro atoms. The second-order valence-electron chi connectivity index (χ2n) is 3.19. The van der Waals surface area contributed by atoms with Crippen LogP contribution < -0.4 is 0 Å². The molecule has 0 N–H and O–H groups in total. The van der Waals surface area contributed by atoms with Crippen LogP contribution in [0.2, 0.25) is 0 Å². The molecule has 0 aliphatic carbocycles. The molecular weight excluding hydrogens is 160 g/mol. The molecule has 1 aromatic rings. The maximum atomic E-state index is 5.62. The smallest absolute Gasteiger partial charge is 0.133 e. The van der Waals surface area contributed by atoms with Gasteiger partial charge < -0.3 is 4.42 Å². The average Bonchev–Trinajstić information content (AvgIpc) is 2.59. The van der Waals surface area contributed by atoms with Crippen molar-refractivity contribution >= 4 is 12.2 Å². The van der Waals surface area contributed by atoms with Crippen molar-refractivity contribution in [3.8, 4) is 0 Å². The molecule has 0 saturated heterocycles. The molecule has 1 nitrogen and oxygen atoms in total. The number of hydrogen-bond donors (Lipinski definition) is 0. The third-order valence-corrected chi connectivity index (χ3v) is 2.31. The first-order valence-electron chi connectivity index (χ1n) is 4.61. The Morgan fingerprint density at radius 1 is 1.46 bits per heavy atom. The lowest BCUT2D eigenvalue weighted by Crippen LogP contribution is -1.86. The highest BCUT2D eigenvalue weighted by Crippen LogP contribution is 2.25. The minimum Gasteiger partial charge on any atom is -0.461 e. The van der Waals surface area contributed by atoms with Crippen LogP contribution in [0.4, 0.5) is 0 Å². The van der Waals surface area contributed by atoms with Crippen molar-refractivity contribution in [2.45, 2.75) is 26.2 Å². The van der Waals surface area contributed by atoms with Crippen LogP contribution in [0, 0.1) is 0 Å². The zero-order valence-corrected chi connectivity index (χ0v) is 8.34. The predicted octanol–water partition coefficient (Wildman–Crippen LogP) is 4.08. The van der Waals surface area contributed by atoms with E-state index in [1.165, 1.54) is 0 Å². The van der Waals surface area contributed by atoms with Crippen LogP contribution in [0.1, 0.15) is 43.3 Å². The van der Waals surface area contributed by atoms with Gasteiger partial charge in [0.2, 0.25) is 0 Å². The molecule has 0 aromatic carbocycles. The molecule has 0 fully saturated rings. The van der Waals surface area contributed by atoms with E-state index in [1.807, 2.05) is 6.07 Å². The summed E-state index contributed by atoms with van der Waals surface area (Å²) in [6, 6.07) is 2.04. The van der Waals surface area contributed by atoms with Crippen molar-refractivity contribution in [3.63, 3.8) is 0 Å². The Hall–Kier alpha value is -1.24. The lowest BCUT2D eigenvalue weighted by Gasteiger charge is -2.01. The zero-order chi connectivity index (χ0) is 9.84. The molecule has 0 saturated carbocycles. The Balaban J connectivity index is 3.05. The third-order valence-electron chi connectivity index (χ3n) is 2.31. The van der Waals surface area contributed by atoms with Gasteiger partial charge in [0.15, 0.2) is 0 Å². The highest BCUT2D eigenvalue weighted by atomic mass is 16.3. The molecule has 13 heavy (non-hydrogen) atoms. The lowest BCUT2D eigenvalue weighted by molar-refractivity contribution is 0.463. The molecule has 1 unspecified atom stereocenters. The second-order valence-corrected chi connectivity index (χ2v) is 3.19. The quantitative estimate of drug-likeness (QED) is 0.673. The van der Waals surface area contributed by atoms with Crippen LogP contribution >= 0.6 is 0 Å².